The van der Waals surface area contributed by atoms with Gasteiger partial charge in [0.2, 0.25) is 0 Å². The van der Waals surface area contributed by atoms with Crippen LogP contribution in [0.15, 0.2) is 18.3 Å². The van der Waals surface area contributed by atoms with Gasteiger partial charge in [0.1, 0.15) is 5.82 Å². The zero-order valence-corrected chi connectivity index (χ0v) is 16.5. The summed E-state index contributed by atoms with van der Waals surface area (Å²) in [5.74, 6) is 1.50. The molecule has 1 amide bonds. The van der Waals surface area contributed by atoms with Crippen LogP contribution in [0.2, 0.25) is 0 Å². The van der Waals surface area contributed by atoms with Crippen molar-refractivity contribution < 1.29 is 4.79 Å². The third-order valence-electron chi connectivity index (χ3n) is 5.08. The number of carbonyl (C=O) groups is 1. The van der Waals surface area contributed by atoms with Crippen LogP contribution >= 0.6 is 24.8 Å². The van der Waals surface area contributed by atoms with Crippen LogP contribution in [0.4, 0.5) is 5.82 Å². The Hall–Kier alpha value is -1.04. The number of amides is 1. The standard InChI is InChI=1S/C18H28N4O.2ClH/c1-14-8-9-19-13-16(14)21-18(23)15-6-7-17(20-12-15)22-10-4-2-3-5-11-22;;/h6-7,12,14,16,19H,2-5,8-11,13H2,1H3,(H,21,23);2*1H. The lowest BCUT2D eigenvalue weighted by molar-refractivity contribution is 0.0915. The molecule has 2 unspecified atom stereocenters. The van der Waals surface area contributed by atoms with Crippen LogP contribution in [0, 0.1) is 5.92 Å². The highest BCUT2D eigenvalue weighted by atomic mass is 35.5. The first-order valence-corrected chi connectivity index (χ1v) is 8.96. The summed E-state index contributed by atoms with van der Waals surface area (Å²) in [6.07, 6.45) is 7.91. The minimum Gasteiger partial charge on any atom is -0.357 e. The minimum atomic E-state index is -0.0135. The van der Waals surface area contributed by atoms with Crippen molar-refractivity contribution in [1.82, 2.24) is 15.6 Å². The van der Waals surface area contributed by atoms with Gasteiger partial charge in [-0.15, -0.1) is 24.8 Å². The van der Waals surface area contributed by atoms with E-state index in [1.807, 2.05) is 12.1 Å². The van der Waals surface area contributed by atoms with Crippen molar-refractivity contribution in [2.75, 3.05) is 31.1 Å². The first-order chi connectivity index (χ1) is 11.2. The largest absolute Gasteiger partial charge is 0.357 e. The lowest BCUT2D eigenvalue weighted by Gasteiger charge is -2.30. The fourth-order valence-electron chi connectivity index (χ4n) is 3.44. The molecule has 5 nitrogen and oxygen atoms in total. The fraction of sp³-hybridized carbons (Fsp3) is 0.667. The van der Waals surface area contributed by atoms with Crippen LogP contribution in [0.5, 0.6) is 0 Å². The summed E-state index contributed by atoms with van der Waals surface area (Å²) in [6, 6.07) is 4.10. The molecule has 25 heavy (non-hydrogen) atoms. The molecule has 2 saturated heterocycles. The van der Waals surface area contributed by atoms with Gasteiger partial charge in [-0.3, -0.25) is 4.79 Å². The van der Waals surface area contributed by atoms with Gasteiger partial charge in [-0.05, 0) is 43.9 Å². The monoisotopic (exact) mass is 388 g/mol. The van der Waals surface area contributed by atoms with Crippen molar-refractivity contribution in [2.45, 2.75) is 45.1 Å². The van der Waals surface area contributed by atoms with E-state index in [0.29, 0.717) is 11.5 Å². The van der Waals surface area contributed by atoms with E-state index >= 15 is 0 Å². The minimum absolute atomic E-state index is 0. The van der Waals surface area contributed by atoms with Gasteiger partial charge in [0, 0.05) is 31.9 Å². The van der Waals surface area contributed by atoms with Crippen LogP contribution < -0.4 is 15.5 Å². The number of nitrogens with zero attached hydrogens (tertiary/aromatic N) is 2. The number of hydrogen-bond donors (Lipinski definition) is 2. The highest BCUT2D eigenvalue weighted by Gasteiger charge is 2.23. The highest BCUT2D eigenvalue weighted by molar-refractivity contribution is 5.94. The molecular formula is C18H30Cl2N4O. The highest BCUT2D eigenvalue weighted by Crippen LogP contribution is 2.18. The zero-order valence-electron chi connectivity index (χ0n) is 14.9. The number of pyridine rings is 1. The molecule has 0 spiro atoms. The molecule has 2 atom stereocenters. The van der Waals surface area contributed by atoms with Crippen LogP contribution in [-0.2, 0) is 0 Å². The second kappa shape index (κ2) is 10.8. The van der Waals surface area contributed by atoms with Crippen LogP contribution in [0.3, 0.4) is 0 Å². The van der Waals surface area contributed by atoms with Crippen molar-refractivity contribution >= 4 is 36.5 Å². The van der Waals surface area contributed by atoms with E-state index in [-0.39, 0.29) is 36.8 Å². The van der Waals surface area contributed by atoms with E-state index in [9.17, 15) is 4.79 Å². The molecule has 3 heterocycles. The maximum Gasteiger partial charge on any atom is 0.253 e. The molecule has 0 radical (unpaired) electrons. The molecule has 0 saturated carbocycles. The van der Waals surface area contributed by atoms with Gasteiger partial charge in [-0.25, -0.2) is 4.98 Å². The van der Waals surface area contributed by atoms with Gasteiger partial charge in [0.15, 0.2) is 0 Å². The zero-order chi connectivity index (χ0) is 16.1. The van der Waals surface area contributed by atoms with Gasteiger partial charge in [-0.1, -0.05) is 19.8 Å². The lowest BCUT2D eigenvalue weighted by Crippen LogP contribution is -2.50. The van der Waals surface area contributed by atoms with Gasteiger partial charge in [-0.2, -0.15) is 0 Å². The Morgan fingerprint density at radius 1 is 1.20 bits per heavy atom. The Morgan fingerprint density at radius 2 is 1.92 bits per heavy atom. The third-order valence-corrected chi connectivity index (χ3v) is 5.08. The summed E-state index contributed by atoms with van der Waals surface area (Å²) >= 11 is 0. The molecule has 2 aliphatic rings. The molecule has 0 bridgehead atoms. The van der Waals surface area contributed by atoms with Crippen molar-refractivity contribution in [1.29, 1.82) is 0 Å². The van der Waals surface area contributed by atoms with Crippen LogP contribution in [0.25, 0.3) is 0 Å². The molecule has 0 aliphatic carbocycles. The summed E-state index contributed by atoms with van der Waals surface area (Å²) in [6.45, 7) is 6.24. The molecular weight excluding hydrogens is 359 g/mol. The molecule has 1 aromatic rings. The maximum atomic E-state index is 12.4. The van der Waals surface area contributed by atoms with E-state index < -0.39 is 0 Å². The summed E-state index contributed by atoms with van der Waals surface area (Å²) in [5, 5.41) is 6.48. The smallest absolute Gasteiger partial charge is 0.253 e. The average Bonchev–Trinajstić information content (AvgIpc) is 2.86. The van der Waals surface area contributed by atoms with Gasteiger partial charge in [0.25, 0.3) is 5.91 Å². The van der Waals surface area contributed by atoms with Crippen molar-refractivity contribution in [3.8, 4) is 0 Å². The Kier molecular flexibility index (Phi) is 9.54. The number of aromatic nitrogens is 1. The van der Waals surface area contributed by atoms with Crippen molar-refractivity contribution in [3.63, 3.8) is 0 Å². The number of carbonyl (C=O) groups excluding carboxylic acids is 1. The fourth-order valence-corrected chi connectivity index (χ4v) is 3.44. The average molecular weight is 389 g/mol. The van der Waals surface area contributed by atoms with E-state index in [0.717, 1.165) is 38.4 Å². The SMILES string of the molecule is CC1CCNCC1NC(=O)c1ccc(N2CCCCCC2)nc1.Cl.Cl. The molecule has 142 valence electrons. The molecule has 2 aliphatic heterocycles. The second-order valence-electron chi connectivity index (χ2n) is 6.86. The summed E-state index contributed by atoms with van der Waals surface area (Å²) in [5.41, 5.74) is 0.654. The normalized spacial score (nSPS) is 23.6. The number of anilines is 1. The number of piperidine rings is 1. The van der Waals surface area contributed by atoms with Gasteiger partial charge >= 0.3 is 0 Å². The van der Waals surface area contributed by atoms with E-state index in [1.54, 1.807) is 6.20 Å². The Bertz CT molecular complexity index is 518. The quantitative estimate of drug-likeness (QED) is 0.835. The Morgan fingerprint density at radius 3 is 2.52 bits per heavy atom. The van der Waals surface area contributed by atoms with E-state index in [1.165, 1.54) is 25.7 Å². The number of halogens is 2. The Labute approximate surface area is 163 Å². The van der Waals surface area contributed by atoms with Gasteiger partial charge in [0.05, 0.1) is 5.56 Å². The van der Waals surface area contributed by atoms with Crippen molar-refractivity contribution in [3.05, 3.63) is 23.9 Å². The summed E-state index contributed by atoms with van der Waals surface area (Å²) in [4.78, 5) is 19.3. The van der Waals surface area contributed by atoms with Crippen molar-refractivity contribution in [2.24, 2.45) is 5.92 Å². The topological polar surface area (TPSA) is 57.3 Å². The molecule has 7 heteroatoms. The lowest BCUT2D eigenvalue weighted by atomic mass is 9.94. The molecule has 1 aromatic heterocycles. The van der Waals surface area contributed by atoms with E-state index in [4.69, 9.17) is 0 Å². The van der Waals surface area contributed by atoms with E-state index in [2.05, 4.69) is 27.4 Å². The maximum absolute atomic E-state index is 12.4. The van der Waals surface area contributed by atoms with Crippen LogP contribution in [-0.4, -0.2) is 43.1 Å². The predicted octanol–water partition coefficient (Wildman–Crippen LogP) is 3.03. The first kappa shape index (κ1) is 22.0. The van der Waals surface area contributed by atoms with Crippen LogP contribution in [0.1, 0.15) is 49.4 Å². The number of rotatable bonds is 3. The predicted molar refractivity (Wildman–Crippen MR) is 107 cm³/mol. The first-order valence-electron chi connectivity index (χ1n) is 8.96. The molecule has 0 aromatic carbocycles. The second-order valence-corrected chi connectivity index (χ2v) is 6.86. The molecule has 2 fully saturated rings. The van der Waals surface area contributed by atoms with Gasteiger partial charge < -0.3 is 15.5 Å². The summed E-state index contributed by atoms with van der Waals surface area (Å²) in [7, 11) is 0. The molecule has 3 rings (SSSR count). The molecule has 2 N–H and O–H groups in total. The third kappa shape index (κ3) is 6.01. The number of hydrogen-bond acceptors (Lipinski definition) is 4. The summed E-state index contributed by atoms with van der Waals surface area (Å²) < 4.78 is 0. The number of nitrogens with one attached hydrogen (secondary N) is 2. The Balaban J connectivity index is 0.00000156.